The van der Waals surface area contributed by atoms with Crippen molar-refractivity contribution in [2.24, 2.45) is 0 Å². The molecule has 0 amide bonds. The van der Waals surface area contributed by atoms with Crippen LogP contribution in [0.1, 0.15) is 31.6 Å². The van der Waals surface area contributed by atoms with E-state index in [1.165, 1.54) is 0 Å². The van der Waals surface area contributed by atoms with E-state index in [9.17, 15) is 4.79 Å². The molecule has 0 unspecified atom stereocenters. The maximum Gasteiger partial charge on any atom is 0.313 e. The molecule has 0 spiro atoms. The summed E-state index contributed by atoms with van der Waals surface area (Å²) in [7, 11) is 0. The topological polar surface area (TPSA) is 79.4 Å². The summed E-state index contributed by atoms with van der Waals surface area (Å²) in [6.45, 7) is 3.60. The molecule has 2 aromatic heterocycles. The summed E-state index contributed by atoms with van der Waals surface area (Å²) < 4.78 is 18.8. The van der Waals surface area contributed by atoms with Crippen LogP contribution >= 0.6 is 0 Å². The third kappa shape index (κ3) is 3.45. The molecule has 0 bridgehead atoms. The molecule has 5 rings (SSSR count). The molecule has 1 fully saturated rings. The van der Waals surface area contributed by atoms with Gasteiger partial charge in [-0.25, -0.2) is 9.97 Å². The maximum absolute atomic E-state index is 12.2. The third-order valence-electron chi connectivity index (χ3n) is 5.47. The Balaban J connectivity index is 1.58. The molecule has 1 aliphatic rings. The fourth-order valence-corrected chi connectivity index (χ4v) is 4.09. The zero-order valence-corrected chi connectivity index (χ0v) is 16.8. The second-order valence-electron chi connectivity index (χ2n) is 7.41. The number of hydrogen-bond acceptors (Lipinski definition) is 6. The Bertz CT molecular complexity index is 1170. The molecule has 154 valence electrons. The Morgan fingerprint density at radius 1 is 1.13 bits per heavy atom. The summed E-state index contributed by atoms with van der Waals surface area (Å²) in [5.74, 6) is 1.02. The fourth-order valence-electron chi connectivity index (χ4n) is 4.09. The van der Waals surface area contributed by atoms with Crippen LogP contribution in [-0.4, -0.2) is 40.3 Å². The Morgan fingerprint density at radius 3 is 2.77 bits per heavy atom. The van der Waals surface area contributed by atoms with Crippen molar-refractivity contribution in [3.8, 4) is 11.5 Å². The zero-order chi connectivity index (χ0) is 20.5. The van der Waals surface area contributed by atoms with Crippen LogP contribution in [0.3, 0.4) is 0 Å². The lowest BCUT2D eigenvalue weighted by Crippen LogP contribution is -2.22. The van der Waals surface area contributed by atoms with E-state index in [0.717, 1.165) is 46.4 Å². The highest BCUT2D eigenvalue weighted by Crippen LogP contribution is 2.32. The first-order valence-electron chi connectivity index (χ1n) is 10.3. The molecule has 0 saturated carbocycles. The van der Waals surface area contributed by atoms with Crippen LogP contribution in [0.25, 0.3) is 33.6 Å². The van der Waals surface area contributed by atoms with Crippen LogP contribution in [0.5, 0.6) is 0 Å². The van der Waals surface area contributed by atoms with Crippen LogP contribution in [0.2, 0.25) is 0 Å². The highest BCUT2D eigenvalue weighted by Gasteiger charge is 2.24. The number of ether oxygens (including phenoxy) is 2. The number of para-hydroxylation sites is 2. The van der Waals surface area contributed by atoms with E-state index in [4.69, 9.17) is 18.9 Å². The van der Waals surface area contributed by atoms with Gasteiger partial charge in [-0.15, -0.1) is 0 Å². The number of rotatable bonds is 5. The van der Waals surface area contributed by atoms with Crippen LogP contribution in [0.15, 0.2) is 46.9 Å². The molecule has 4 aromatic rings. The van der Waals surface area contributed by atoms with Gasteiger partial charge in [-0.2, -0.15) is 0 Å². The Hall–Kier alpha value is -3.19. The third-order valence-corrected chi connectivity index (χ3v) is 5.47. The molecule has 3 heterocycles. The zero-order valence-electron chi connectivity index (χ0n) is 16.8. The fraction of sp³-hybridized carbons (Fsp3) is 0.348. The van der Waals surface area contributed by atoms with E-state index in [0.29, 0.717) is 25.7 Å². The van der Waals surface area contributed by atoms with Crippen molar-refractivity contribution in [2.75, 3.05) is 19.8 Å². The smallest absolute Gasteiger partial charge is 0.313 e. The van der Waals surface area contributed by atoms with Crippen LogP contribution in [0.4, 0.5) is 0 Å². The average molecular weight is 405 g/mol. The predicted octanol–water partition coefficient (Wildman–Crippen LogP) is 4.30. The van der Waals surface area contributed by atoms with Gasteiger partial charge in [-0.3, -0.25) is 4.79 Å². The normalized spacial score (nSPS) is 15.1. The summed E-state index contributed by atoms with van der Waals surface area (Å²) in [6, 6.07) is 14.0. The number of benzene rings is 2. The van der Waals surface area contributed by atoms with Crippen molar-refractivity contribution in [2.45, 2.75) is 32.2 Å². The van der Waals surface area contributed by atoms with E-state index >= 15 is 0 Å². The van der Waals surface area contributed by atoms with Crippen molar-refractivity contribution in [1.82, 2.24) is 14.5 Å². The molecular formula is C23H23N3O4. The minimum absolute atomic E-state index is 0.151. The lowest BCUT2D eigenvalue weighted by Gasteiger charge is -2.25. The molecule has 30 heavy (non-hydrogen) atoms. The highest BCUT2D eigenvalue weighted by molar-refractivity contribution is 5.84. The SMILES string of the molecule is CCOC(=O)Cc1nc2cc(-c3nc4ccccc4o3)ccc2n1C1CCOCC1. The summed E-state index contributed by atoms with van der Waals surface area (Å²) in [5, 5.41) is 0. The molecule has 1 aliphatic heterocycles. The van der Waals surface area contributed by atoms with Crippen molar-refractivity contribution < 1.29 is 18.7 Å². The predicted molar refractivity (Wildman–Crippen MR) is 112 cm³/mol. The lowest BCUT2D eigenvalue weighted by molar-refractivity contribution is -0.142. The van der Waals surface area contributed by atoms with Gasteiger partial charge in [-0.1, -0.05) is 12.1 Å². The number of nitrogens with zero attached hydrogens (tertiary/aromatic N) is 3. The highest BCUT2D eigenvalue weighted by atomic mass is 16.5. The molecule has 0 atom stereocenters. The molecular weight excluding hydrogens is 382 g/mol. The van der Waals surface area contributed by atoms with Crippen molar-refractivity contribution in [1.29, 1.82) is 0 Å². The minimum atomic E-state index is -0.264. The molecule has 1 saturated heterocycles. The molecule has 0 N–H and O–H groups in total. The number of oxazole rings is 1. The number of esters is 1. The van der Waals surface area contributed by atoms with E-state index in [-0.39, 0.29) is 18.4 Å². The van der Waals surface area contributed by atoms with Gasteiger partial charge in [0.15, 0.2) is 5.58 Å². The second kappa shape index (κ2) is 7.91. The lowest BCUT2D eigenvalue weighted by atomic mass is 10.1. The Labute approximate surface area is 173 Å². The van der Waals surface area contributed by atoms with Crippen LogP contribution in [0, 0.1) is 0 Å². The van der Waals surface area contributed by atoms with E-state index < -0.39 is 0 Å². The van der Waals surface area contributed by atoms with Crippen LogP contribution in [-0.2, 0) is 20.7 Å². The van der Waals surface area contributed by atoms with Crippen molar-refractivity contribution in [3.63, 3.8) is 0 Å². The van der Waals surface area contributed by atoms with Gasteiger partial charge >= 0.3 is 5.97 Å². The molecule has 0 radical (unpaired) electrons. The number of fused-ring (bicyclic) bond motifs is 2. The van der Waals surface area contributed by atoms with E-state index in [1.54, 1.807) is 0 Å². The van der Waals surface area contributed by atoms with Gasteiger partial charge in [0.05, 0.1) is 17.6 Å². The van der Waals surface area contributed by atoms with Crippen molar-refractivity contribution >= 4 is 28.1 Å². The van der Waals surface area contributed by atoms with E-state index in [1.807, 2.05) is 49.4 Å². The largest absolute Gasteiger partial charge is 0.466 e. The summed E-state index contributed by atoms with van der Waals surface area (Å²) in [4.78, 5) is 21.6. The number of hydrogen-bond donors (Lipinski definition) is 0. The standard InChI is InChI=1S/C23H23N3O4/c1-2-29-22(27)14-21-24-18-13-15(23-25-17-5-3-4-6-20(17)30-23)7-8-19(18)26(21)16-9-11-28-12-10-16/h3-8,13,16H,2,9-12,14H2,1H3. The average Bonchev–Trinajstić information content (AvgIpc) is 3.35. The maximum atomic E-state index is 12.2. The quantitative estimate of drug-likeness (QED) is 0.461. The minimum Gasteiger partial charge on any atom is -0.466 e. The summed E-state index contributed by atoms with van der Waals surface area (Å²) >= 11 is 0. The summed E-state index contributed by atoms with van der Waals surface area (Å²) in [6.07, 6.45) is 1.94. The number of aromatic nitrogens is 3. The number of carbonyl (C=O) groups is 1. The van der Waals surface area contributed by atoms with Gasteiger partial charge in [0.2, 0.25) is 5.89 Å². The summed E-state index contributed by atoms with van der Waals surface area (Å²) in [5.41, 5.74) is 4.26. The number of imidazole rings is 1. The molecule has 7 nitrogen and oxygen atoms in total. The van der Waals surface area contributed by atoms with Gasteiger partial charge in [-0.05, 0) is 50.1 Å². The van der Waals surface area contributed by atoms with Gasteiger partial charge < -0.3 is 18.5 Å². The first-order valence-corrected chi connectivity index (χ1v) is 10.3. The Kier molecular flexibility index (Phi) is 4.96. The first kappa shape index (κ1) is 18.8. The Morgan fingerprint density at radius 2 is 1.97 bits per heavy atom. The van der Waals surface area contributed by atoms with E-state index in [2.05, 4.69) is 9.55 Å². The first-order chi connectivity index (χ1) is 14.7. The molecule has 7 heteroatoms. The van der Waals surface area contributed by atoms with Crippen molar-refractivity contribution in [3.05, 3.63) is 48.3 Å². The molecule has 0 aliphatic carbocycles. The molecule has 2 aromatic carbocycles. The van der Waals surface area contributed by atoms with Gasteiger partial charge in [0, 0.05) is 24.8 Å². The van der Waals surface area contributed by atoms with Crippen LogP contribution < -0.4 is 0 Å². The monoisotopic (exact) mass is 405 g/mol. The number of carbonyl (C=O) groups excluding carboxylic acids is 1. The van der Waals surface area contributed by atoms with Gasteiger partial charge in [0.1, 0.15) is 17.8 Å². The second-order valence-corrected chi connectivity index (χ2v) is 7.41. The van der Waals surface area contributed by atoms with Gasteiger partial charge in [0.25, 0.3) is 0 Å².